The first-order valence-corrected chi connectivity index (χ1v) is 9.24. The van der Waals surface area contributed by atoms with Crippen LogP contribution in [0.15, 0.2) is 47.3 Å². The number of fused-ring (bicyclic) bond motifs is 2. The van der Waals surface area contributed by atoms with Gasteiger partial charge in [0.05, 0.1) is 17.5 Å². The van der Waals surface area contributed by atoms with E-state index in [1.54, 1.807) is 30.3 Å². The summed E-state index contributed by atoms with van der Waals surface area (Å²) in [6.45, 7) is 1.54. The van der Waals surface area contributed by atoms with Gasteiger partial charge in [0.1, 0.15) is 11.5 Å². The molecule has 4 rings (SSSR count). The van der Waals surface area contributed by atoms with Crippen molar-refractivity contribution in [3.05, 3.63) is 69.8 Å². The molecule has 1 aromatic carbocycles. The molecule has 1 N–H and O–H groups in total. The second-order valence-corrected chi connectivity index (χ2v) is 7.04. The van der Waals surface area contributed by atoms with Crippen molar-refractivity contribution in [1.29, 1.82) is 0 Å². The zero-order chi connectivity index (χ0) is 22.3. The lowest BCUT2D eigenvalue weighted by Gasteiger charge is -2.11. The molecule has 0 aliphatic rings. The Balaban J connectivity index is 1.64. The molecule has 0 atom stereocenters. The number of hydrogen-bond donors (Lipinski definition) is 1. The molecule has 1 amide bonds. The van der Waals surface area contributed by atoms with E-state index in [4.69, 9.17) is 0 Å². The van der Waals surface area contributed by atoms with Crippen LogP contribution in [0, 0.1) is 6.92 Å². The third kappa shape index (κ3) is 3.96. The van der Waals surface area contributed by atoms with Crippen molar-refractivity contribution in [3.8, 4) is 0 Å². The van der Waals surface area contributed by atoms with Crippen LogP contribution in [-0.2, 0) is 24.4 Å². The van der Waals surface area contributed by atoms with Gasteiger partial charge in [0, 0.05) is 17.8 Å². The maximum Gasteiger partial charge on any atom is 0.433 e. The highest BCUT2D eigenvalue weighted by Gasteiger charge is 2.33. The summed E-state index contributed by atoms with van der Waals surface area (Å²) in [5.41, 5.74) is -0.670. The summed E-state index contributed by atoms with van der Waals surface area (Å²) in [4.78, 5) is 32.4. The highest BCUT2D eigenvalue weighted by Crippen LogP contribution is 2.30. The van der Waals surface area contributed by atoms with Crippen molar-refractivity contribution < 1.29 is 18.0 Å². The normalized spacial score (nSPS) is 11.8. The van der Waals surface area contributed by atoms with Gasteiger partial charge in [-0.15, -0.1) is 0 Å². The van der Waals surface area contributed by atoms with Crippen LogP contribution in [0.5, 0.6) is 0 Å². The van der Waals surface area contributed by atoms with E-state index in [-0.39, 0.29) is 23.4 Å². The van der Waals surface area contributed by atoms with Crippen LogP contribution in [0.2, 0.25) is 0 Å². The fraction of sp³-hybridized carbons (Fsp3) is 0.190. The standard InChI is InChI=1S/C21H16F3N5O2/c1-11-9-16(21(22,23)24)25-19-12(11)7-8-17(27-19)26-18(30)10-15-13-5-3-4-6-14(13)20(31)29(2)28-15/h3-9H,10H2,1-2H3,(H,25,26,27,30). The summed E-state index contributed by atoms with van der Waals surface area (Å²) in [7, 11) is 1.49. The number of hydrogen-bond acceptors (Lipinski definition) is 5. The smallest absolute Gasteiger partial charge is 0.310 e. The van der Waals surface area contributed by atoms with Crippen molar-refractivity contribution in [2.45, 2.75) is 19.5 Å². The van der Waals surface area contributed by atoms with Crippen LogP contribution in [0.1, 0.15) is 17.0 Å². The summed E-state index contributed by atoms with van der Waals surface area (Å²) >= 11 is 0. The fourth-order valence-electron chi connectivity index (χ4n) is 3.33. The number of pyridine rings is 2. The average Bonchev–Trinajstić information content (AvgIpc) is 2.71. The van der Waals surface area contributed by atoms with E-state index in [0.29, 0.717) is 27.4 Å². The molecule has 31 heavy (non-hydrogen) atoms. The summed E-state index contributed by atoms with van der Waals surface area (Å²) in [6.07, 6.45) is -4.75. The maximum absolute atomic E-state index is 13.0. The number of aromatic nitrogens is 4. The number of carbonyl (C=O) groups is 1. The number of nitrogens with zero attached hydrogens (tertiary/aromatic N) is 4. The maximum atomic E-state index is 13.0. The number of rotatable bonds is 3. The van der Waals surface area contributed by atoms with E-state index in [2.05, 4.69) is 20.4 Å². The van der Waals surface area contributed by atoms with E-state index in [1.807, 2.05) is 0 Å². The van der Waals surface area contributed by atoms with E-state index in [0.717, 1.165) is 10.7 Å². The number of benzene rings is 1. The topological polar surface area (TPSA) is 89.8 Å². The van der Waals surface area contributed by atoms with Gasteiger partial charge in [0.15, 0.2) is 5.65 Å². The Morgan fingerprint density at radius 3 is 2.48 bits per heavy atom. The Bertz CT molecular complexity index is 1400. The molecule has 0 radical (unpaired) electrons. The molecular weight excluding hydrogens is 411 g/mol. The third-order valence-corrected chi connectivity index (χ3v) is 4.80. The van der Waals surface area contributed by atoms with E-state index >= 15 is 0 Å². The Morgan fingerprint density at radius 1 is 1.06 bits per heavy atom. The molecule has 3 heterocycles. The van der Waals surface area contributed by atoms with Crippen LogP contribution >= 0.6 is 0 Å². The van der Waals surface area contributed by atoms with Gasteiger partial charge in [-0.3, -0.25) is 9.59 Å². The van der Waals surface area contributed by atoms with Gasteiger partial charge in [-0.25, -0.2) is 14.6 Å². The number of amides is 1. The van der Waals surface area contributed by atoms with Crippen molar-refractivity contribution >= 4 is 33.5 Å². The number of carbonyl (C=O) groups excluding carboxylic acids is 1. The summed E-state index contributed by atoms with van der Waals surface area (Å²) in [5.74, 6) is -0.412. The van der Waals surface area contributed by atoms with E-state index in [1.165, 1.54) is 20.0 Å². The minimum Gasteiger partial charge on any atom is -0.310 e. The minimum absolute atomic E-state index is 0.0675. The molecule has 0 saturated heterocycles. The molecule has 0 spiro atoms. The molecule has 10 heteroatoms. The Labute approximate surface area is 173 Å². The van der Waals surface area contributed by atoms with Gasteiger partial charge >= 0.3 is 6.18 Å². The molecule has 4 aromatic rings. The predicted octanol–water partition coefficient (Wildman–Crippen LogP) is 3.39. The van der Waals surface area contributed by atoms with Crippen LogP contribution < -0.4 is 10.9 Å². The number of aryl methyl sites for hydroxylation is 2. The predicted molar refractivity (Wildman–Crippen MR) is 109 cm³/mol. The zero-order valence-electron chi connectivity index (χ0n) is 16.5. The Hall–Kier alpha value is -3.82. The lowest BCUT2D eigenvalue weighted by atomic mass is 10.1. The van der Waals surface area contributed by atoms with Gasteiger partial charge in [0.25, 0.3) is 5.56 Å². The number of anilines is 1. The highest BCUT2D eigenvalue weighted by atomic mass is 19.4. The first-order valence-electron chi connectivity index (χ1n) is 9.24. The quantitative estimate of drug-likeness (QED) is 0.541. The van der Waals surface area contributed by atoms with Crippen molar-refractivity contribution in [2.75, 3.05) is 5.32 Å². The lowest BCUT2D eigenvalue weighted by molar-refractivity contribution is -0.141. The monoisotopic (exact) mass is 427 g/mol. The lowest BCUT2D eigenvalue weighted by Crippen LogP contribution is -2.24. The van der Waals surface area contributed by atoms with Crippen LogP contribution in [-0.4, -0.2) is 25.7 Å². The second-order valence-electron chi connectivity index (χ2n) is 7.04. The van der Waals surface area contributed by atoms with Crippen molar-refractivity contribution in [3.63, 3.8) is 0 Å². The first kappa shape index (κ1) is 20.5. The van der Waals surface area contributed by atoms with Crippen LogP contribution in [0.3, 0.4) is 0 Å². The molecule has 0 aliphatic heterocycles. The van der Waals surface area contributed by atoms with Gasteiger partial charge in [-0.1, -0.05) is 18.2 Å². The largest absolute Gasteiger partial charge is 0.433 e. The first-order chi connectivity index (χ1) is 14.6. The molecule has 0 unspecified atom stereocenters. The Kier molecular flexibility index (Phi) is 4.92. The van der Waals surface area contributed by atoms with Gasteiger partial charge in [-0.2, -0.15) is 18.3 Å². The summed E-state index contributed by atoms with van der Waals surface area (Å²) in [5, 5.41) is 8.17. The van der Waals surface area contributed by atoms with Crippen LogP contribution in [0.25, 0.3) is 21.8 Å². The molecule has 3 aromatic heterocycles. The molecule has 7 nitrogen and oxygen atoms in total. The van der Waals surface area contributed by atoms with E-state index in [9.17, 15) is 22.8 Å². The molecule has 158 valence electrons. The fourth-order valence-corrected chi connectivity index (χ4v) is 3.33. The van der Waals surface area contributed by atoms with Crippen molar-refractivity contribution in [2.24, 2.45) is 7.05 Å². The Morgan fingerprint density at radius 2 is 1.77 bits per heavy atom. The second kappa shape index (κ2) is 7.46. The zero-order valence-corrected chi connectivity index (χ0v) is 16.5. The van der Waals surface area contributed by atoms with Gasteiger partial charge < -0.3 is 5.32 Å². The van der Waals surface area contributed by atoms with Gasteiger partial charge in [-0.05, 0) is 36.8 Å². The highest BCUT2D eigenvalue weighted by molar-refractivity contribution is 5.95. The molecule has 0 bridgehead atoms. The SMILES string of the molecule is Cc1cc(C(F)(F)F)nc2nc(NC(=O)Cc3nn(C)c(=O)c4ccccc34)ccc12. The van der Waals surface area contributed by atoms with E-state index < -0.39 is 17.8 Å². The van der Waals surface area contributed by atoms with Gasteiger partial charge in [0.2, 0.25) is 5.91 Å². The number of halogens is 3. The molecule has 0 aliphatic carbocycles. The molecule has 0 saturated carbocycles. The summed E-state index contributed by atoms with van der Waals surface area (Å²) < 4.78 is 40.3. The number of alkyl halides is 3. The third-order valence-electron chi connectivity index (χ3n) is 4.80. The minimum atomic E-state index is -4.60. The summed E-state index contributed by atoms with van der Waals surface area (Å²) in [6, 6.07) is 10.8. The van der Waals surface area contributed by atoms with Crippen molar-refractivity contribution in [1.82, 2.24) is 19.7 Å². The molecule has 0 fully saturated rings. The van der Waals surface area contributed by atoms with Crippen LogP contribution in [0.4, 0.5) is 19.0 Å². The number of nitrogens with one attached hydrogen (secondary N) is 1. The molecular formula is C21H16F3N5O2. The average molecular weight is 427 g/mol.